The molecule has 0 spiro atoms. The third-order valence-corrected chi connectivity index (χ3v) is 6.31. The zero-order chi connectivity index (χ0) is 17.9. The highest BCUT2D eigenvalue weighted by atomic mass is 16.3. The fourth-order valence-electron chi connectivity index (χ4n) is 4.19. The van der Waals surface area contributed by atoms with Crippen LogP contribution in [0, 0.1) is 10.8 Å². The quantitative estimate of drug-likeness (QED) is 0.778. The van der Waals surface area contributed by atoms with Crippen LogP contribution in [0.5, 0.6) is 0 Å². The monoisotopic (exact) mass is 346 g/mol. The number of carbonyl (C=O) groups excluding carboxylic acids is 2. The standard InChI is InChI=1S/C19H26N2O4/c1-17(2)8-13-14(16(23)20-10-17)12(9-25-13)15(22)21-11-18(6-7-18)19(24)4-3-5-19/h9,24H,3-8,10-11H2,1-2H3,(H,20,23)(H,21,22). The van der Waals surface area contributed by atoms with Crippen LogP contribution in [0.15, 0.2) is 10.7 Å². The molecule has 2 heterocycles. The highest BCUT2D eigenvalue weighted by Crippen LogP contribution is 2.60. The van der Waals surface area contributed by atoms with Crippen LogP contribution >= 0.6 is 0 Å². The second-order valence-electron chi connectivity index (χ2n) is 8.82. The molecule has 0 unspecified atom stereocenters. The Kier molecular flexibility index (Phi) is 3.55. The van der Waals surface area contributed by atoms with Gasteiger partial charge in [-0.1, -0.05) is 13.8 Å². The first-order valence-electron chi connectivity index (χ1n) is 9.15. The average Bonchev–Trinajstić information content (AvgIpc) is 3.24. The molecule has 0 saturated heterocycles. The SMILES string of the molecule is CC1(C)CNC(=O)c2c(C(=O)NCC3(C4(O)CCC4)CC3)coc2C1. The minimum absolute atomic E-state index is 0.113. The largest absolute Gasteiger partial charge is 0.468 e. The molecule has 0 aromatic carbocycles. The van der Waals surface area contributed by atoms with E-state index in [1.807, 2.05) is 0 Å². The minimum Gasteiger partial charge on any atom is -0.468 e. The van der Waals surface area contributed by atoms with E-state index < -0.39 is 5.60 Å². The Hall–Kier alpha value is -1.82. The maximum atomic E-state index is 12.7. The van der Waals surface area contributed by atoms with Crippen molar-refractivity contribution in [1.29, 1.82) is 0 Å². The van der Waals surface area contributed by atoms with E-state index in [2.05, 4.69) is 24.5 Å². The molecule has 6 heteroatoms. The third-order valence-electron chi connectivity index (χ3n) is 6.31. The molecule has 2 aliphatic carbocycles. The maximum Gasteiger partial charge on any atom is 0.255 e. The van der Waals surface area contributed by atoms with E-state index in [9.17, 15) is 14.7 Å². The normalized spacial score (nSPS) is 25.2. The van der Waals surface area contributed by atoms with Crippen molar-refractivity contribution in [2.45, 2.75) is 58.0 Å². The van der Waals surface area contributed by atoms with Gasteiger partial charge in [-0.25, -0.2) is 0 Å². The van der Waals surface area contributed by atoms with Crippen LogP contribution in [0.1, 0.15) is 72.4 Å². The molecule has 4 rings (SSSR count). The summed E-state index contributed by atoms with van der Waals surface area (Å²) in [6, 6.07) is 0. The van der Waals surface area contributed by atoms with Crippen LogP contribution in [0.3, 0.4) is 0 Å². The highest BCUT2D eigenvalue weighted by Gasteiger charge is 2.60. The molecular weight excluding hydrogens is 320 g/mol. The Bertz CT molecular complexity index is 726. The summed E-state index contributed by atoms with van der Waals surface area (Å²) < 4.78 is 5.57. The van der Waals surface area contributed by atoms with E-state index in [1.54, 1.807) is 0 Å². The first-order valence-corrected chi connectivity index (χ1v) is 9.15. The second-order valence-corrected chi connectivity index (χ2v) is 8.82. The van der Waals surface area contributed by atoms with Gasteiger partial charge in [0.1, 0.15) is 12.0 Å². The van der Waals surface area contributed by atoms with Gasteiger partial charge in [0.05, 0.1) is 16.7 Å². The summed E-state index contributed by atoms with van der Waals surface area (Å²) in [5.74, 6) is 0.0243. The number of fused-ring (bicyclic) bond motifs is 1. The van der Waals surface area contributed by atoms with Crippen molar-refractivity contribution in [3.8, 4) is 0 Å². The van der Waals surface area contributed by atoms with E-state index in [-0.39, 0.29) is 22.6 Å². The number of nitrogens with one attached hydrogen (secondary N) is 2. The van der Waals surface area contributed by atoms with E-state index >= 15 is 0 Å². The Morgan fingerprint density at radius 2 is 2.04 bits per heavy atom. The minimum atomic E-state index is -0.616. The first kappa shape index (κ1) is 16.6. The summed E-state index contributed by atoms with van der Waals surface area (Å²) in [7, 11) is 0. The molecule has 3 N–H and O–H groups in total. The van der Waals surface area contributed by atoms with Crippen molar-refractivity contribution < 1.29 is 19.1 Å². The fourth-order valence-corrected chi connectivity index (χ4v) is 4.19. The van der Waals surface area contributed by atoms with E-state index in [1.165, 1.54) is 6.26 Å². The second kappa shape index (κ2) is 5.34. The molecule has 2 fully saturated rings. The maximum absolute atomic E-state index is 12.7. The van der Waals surface area contributed by atoms with Crippen LogP contribution in [0.25, 0.3) is 0 Å². The van der Waals surface area contributed by atoms with Gasteiger partial charge in [0.25, 0.3) is 11.8 Å². The van der Waals surface area contributed by atoms with Gasteiger partial charge < -0.3 is 20.2 Å². The van der Waals surface area contributed by atoms with Crippen LogP contribution in [-0.4, -0.2) is 35.6 Å². The molecule has 0 atom stereocenters. The van der Waals surface area contributed by atoms with E-state index in [0.717, 1.165) is 32.1 Å². The summed E-state index contributed by atoms with van der Waals surface area (Å²) in [6.07, 6.45) is 6.58. The van der Waals surface area contributed by atoms with Crippen LogP contribution < -0.4 is 10.6 Å². The number of amides is 2. The number of carbonyl (C=O) groups is 2. The molecule has 2 amide bonds. The summed E-state index contributed by atoms with van der Waals surface area (Å²) in [6.45, 7) is 5.12. The fraction of sp³-hybridized carbons (Fsp3) is 0.684. The molecule has 6 nitrogen and oxygen atoms in total. The Balaban J connectivity index is 1.50. The highest BCUT2D eigenvalue weighted by molar-refractivity contribution is 6.08. The molecule has 2 saturated carbocycles. The zero-order valence-corrected chi connectivity index (χ0v) is 14.9. The average molecular weight is 346 g/mol. The Morgan fingerprint density at radius 3 is 2.64 bits per heavy atom. The molecule has 1 aromatic rings. The molecule has 1 aromatic heterocycles. The molecule has 25 heavy (non-hydrogen) atoms. The lowest BCUT2D eigenvalue weighted by atomic mass is 9.69. The molecule has 3 aliphatic rings. The Labute approximate surface area is 147 Å². The van der Waals surface area contributed by atoms with Crippen molar-refractivity contribution in [2.75, 3.05) is 13.1 Å². The number of rotatable bonds is 4. The van der Waals surface area contributed by atoms with Gasteiger partial charge in [0.15, 0.2) is 0 Å². The van der Waals surface area contributed by atoms with Crippen molar-refractivity contribution in [3.63, 3.8) is 0 Å². The number of hydrogen-bond acceptors (Lipinski definition) is 4. The van der Waals surface area contributed by atoms with Crippen molar-refractivity contribution in [1.82, 2.24) is 10.6 Å². The van der Waals surface area contributed by atoms with Gasteiger partial charge in [-0.05, 0) is 37.5 Å². The summed E-state index contributed by atoms with van der Waals surface area (Å²) in [5.41, 5.74) is -0.254. The zero-order valence-electron chi connectivity index (χ0n) is 14.9. The van der Waals surface area contributed by atoms with Gasteiger partial charge in [0, 0.05) is 24.9 Å². The van der Waals surface area contributed by atoms with E-state index in [4.69, 9.17) is 4.42 Å². The van der Waals surface area contributed by atoms with Gasteiger partial charge in [-0.2, -0.15) is 0 Å². The summed E-state index contributed by atoms with van der Waals surface area (Å²) in [4.78, 5) is 25.1. The third kappa shape index (κ3) is 2.67. The Morgan fingerprint density at radius 1 is 1.32 bits per heavy atom. The van der Waals surface area contributed by atoms with Crippen molar-refractivity contribution in [3.05, 3.63) is 23.2 Å². The lowest BCUT2D eigenvalue weighted by Gasteiger charge is -2.44. The molecule has 136 valence electrons. The molecule has 0 radical (unpaired) electrons. The van der Waals surface area contributed by atoms with E-state index in [0.29, 0.717) is 36.4 Å². The molecule has 0 bridgehead atoms. The predicted molar refractivity (Wildman–Crippen MR) is 91.3 cm³/mol. The number of furan rings is 1. The molecular formula is C19H26N2O4. The van der Waals surface area contributed by atoms with Crippen LogP contribution in [-0.2, 0) is 6.42 Å². The van der Waals surface area contributed by atoms with Gasteiger partial charge >= 0.3 is 0 Å². The van der Waals surface area contributed by atoms with Gasteiger partial charge in [-0.3, -0.25) is 9.59 Å². The number of aliphatic hydroxyl groups is 1. The first-order chi connectivity index (χ1) is 11.8. The summed E-state index contributed by atoms with van der Waals surface area (Å²) >= 11 is 0. The molecule has 1 aliphatic heterocycles. The smallest absolute Gasteiger partial charge is 0.255 e. The predicted octanol–water partition coefficient (Wildman–Crippen LogP) is 2.02. The van der Waals surface area contributed by atoms with Crippen molar-refractivity contribution >= 4 is 11.8 Å². The van der Waals surface area contributed by atoms with Crippen molar-refractivity contribution in [2.24, 2.45) is 10.8 Å². The van der Waals surface area contributed by atoms with Gasteiger partial charge in [0.2, 0.25) is 0 Å². The lowest BCUT2D eigenvalue weighted by molar-refractivity contribution is -0.0948. The topological polar surface area (TPSA) is 91.6 Å². The van der Waals surface area contributed by atoms with Crippen LogP contribution in [0.4, 0.5) is 0 Å². The lowest BCUT2D eigenvalue weighted by Crippen LogP contribution is -2.50. The van der Waals surface area contributed by atoms with Crippen LogP contribution in [0.2, 0.25) is 0 Å². The number of hydrogen-bond donors (Lipinski definition) is 3. The van der Waals surface area contributed by atoms with Gasteiger partial charge in [-0.15, -0.1) is 0 Å². The summed E-state index contributed by atoms with van der Waals surface area (Å²) in [5, 5.41) is 16.5.